The van der Waals surface area contributed by atoms with Gasteiger partial charge in [-0.1, -0.05) is 6.07 Å². The standard InChI is InChI=1S/C21H21NO6/c1-26-17-8-6-14(7-9-17)19(23)13-28-21(25)15-10-20(24)22(12-15)16-4-3-5-18(11-16)27-2/h3-9,11,15H,10,12-13H2,1-2H3. The van der Waals surface area contributed by atoms with Crippen molar-refractivity contribution in [2.45, 2.75) is 6.42 Å². The normalized spacial score (nSPS) is 16.0. The molecule has 1 saturated heterocycles. The zero-order valence-corrected chi connectivity index (χ0v) is 15.7. The van der Waals surface area contributed by atoms with Crippen LogP contribution in [0.25, 0.3) is 0 Å². The van der Waals surface area contributed by atoms with Crippen LogP contribution in [0.1, 0.15) is 16.8 Å². The highest BCUT2D eigenvalue weighted by Gasteiger charge is 2.36. The lowest BCUT2D eigenvalue weighted by molar-refractivity contribution is -0.147. The number of ketones is 1. The molecule has 0 N–H and O–H groups in total. The first kappa shape index (κ1) is 19.4. The van der Waals surface area contributed by atoms with Crippen molar-refractivity contribution in [2.75, 3.05) is 32.3 Å². The molecule has 1 unspecified atom stereocenters. The second-order valence-electron chi connectivity index (χ2n) is 6.37. The van der Waals surface area contributed by atoms with Crippen molar-refractivity contribution in [3.05, 3.63) is 54.1 Å². The number of nitrogens with zero attached hydrogens (tertiary/aromatic N) is 1. The molecular weight excluding hydrogens is 362 g/mol. The Balaban J connectivity index is 1.57. The second-order valence-corrected chi connectivity index (χ2v) is 6.37. The van der Waals surface area contributed by atoms with Gasteiger partial charge in [0.15, 0.2) is 12.4 Å². The summed E-state index contributed by atoms with van der Waals surface area (Å²) in [7, 11) is 3.08. The molecule has 2 aromatic rings. The fourth-order valence-electron chi connectivity index (χ4n) is 3.01. The van der Waals surface area contributed by atoms with E-state index in [1.54, 1.807) is 55.6 Å². The van der Waals surface area contributed by atoms with Crippen molar-refractivity contribution < 1.29 is 28.6 Å². The molecule has 1 aliphatic heterocycles. The summed E-state index contributed by atoms with van der Waals surface area (Å²) in [6.07, 6.45) is 0.0484. The molecular formula is C21H21NO6. The maximum atomic E-state index is 12.3. The third kappa shape index (κ3) is 4.31. The average Bonchev–Trinajstić information content (AvgIpc) is 3.13. The van der Waals surface area contributed by atoms with Crippen LogP contribution in [-0.4, -0.2) is 45.0 Å². The number of carbonyl (C=O) groups excluding carboxylic acids is 3. The summed E-state index contributed by atoms with van der Waals surface area (Å²) in [5.41, 5.74) is 1.09. The van der Waals surface area contributed by atoms with Crippen LogP contribution < -0.4 is 14.4 Å². The molecule has 7 nitrogen and oxygen atoms in total. The Morgan fingerprint density at radius 2 is 1.75 bits per heavy atom. The van der Waals surface area contributed by atoms with Gasteiger partial charge in [0, 0.05) is 30.3 Å². The predicted molar refractivity (Wildman–Crippen MR) is 102 cm³/mol. The Morgan fingerprint density at radius 1 is 1.04 bits per heavy atom. The van der Waals surface area contributed by atoms with Crippen LogP contribution in [0, 0.1) is 5.92 Å². The quantitative estimate of drug-likeness (QED) is 0.540. The minimum atomic E-state index is -0.609. The summed E-state index contributed by atoms with van der Waals surface area (Å²) in [6.45, 7) is -0.156. The molecule has 28 heavy (non-hydrogen) atoms. The van der Waals surface area contributed by atoms with E-state index in [1.165, 1.54) is 12.0 Å². The zero-order valence-electron chi connectivity index (χ0n) is 15.7. The first-order valence-corrected chi connectivity index (χ1v) is 8.80. The largest absolute Gasteiger partial charge is 0.497 e. The number of hydrogen-bond acceptors (Lipinski definition) is 6. The Labute approximate surface area is 162 Å². The summed E-state index contributed by atoms with van der Waals surface area (Å²) in [5.74, 6) is -0.387. The Hall–Kier alpha value is -3.35. The Morgan fingerprint density at radius 3 is 2.43 bits per heavy atom. The van der Waals surface area contributed by atoms with E-state index >= 15 is 0 Å². The molecule has 0 spiro atoms. The zero-order chi connectivity index (χ0) is 20.1. The number of anilines is 1. The maximum absolute atomic E-state index is 12.3. The number of methoxy groups -OCH3 is 2. The van der Waals surface area contributed by atoms with Crippen molar-refractivity contribution in [1.82, 2.24) is 0 Å². The summed E-state index contributed by atoms with van der Waals surface area (Å²) in [6, 6.07) is 13.6. The number of benzene rings is 2. The van der Waals surface area contributed by atoms with Crippen LogP contribution in [0.15, 0.2) is 48.5 Å². The van der Waals surface area contributed by atoms with Gasteiger partial charge in [-0.05, 0) is 36.4 Å². The summed E-state index contributed by atoms with van der Waals surface area (Å²) in [5, 5.41) is 0. The van der Waals surface area contributed by atoms with E-state index < -0.39 is 11.9 Å². The number of amides is 1. The number of Topliss-reactive ketones (excluding diaryl/α,β-unsaturated/α-hetero) is 1. The molecule has 1 heterocycles. The smallest absolute Gasteiger partial charge is 0.311 e. The molecule has 1 amide bonds. The lowest BCUT2D eigenvalue weighted by atomic mass is 10.1. The van der Waals surface area contributed by atoms with Gasteiger partial charge in [0.1, 0.15) is 11.5 Å². The van der Waals surface area contributed by atoms with Gasteiger partial charge in [0.05, 0.1) is 20.1 Å². The fourth-order valence-corrected chi connectivity index (χ4v) is 3.01. The van der Waals surface area contributed by atoms with Gasteiger partial charge >= 0.3 is 5.97 Å². The molecule has 146 valence electrons. The number of rotatable bonds is 7. The van der Waals surface area contributed by atoms with Gasteiger partial charge < -0.3 is 19.1 Å². The van der Waals surface area contributed by atoms with Gasteiger partial charge in [-0.2, -0.15) is 0 Å². The van der Waals surface area contributed by atoms with E-state index in [1.807, 2.05) is 0 Å². The predicted octanol–water partition coefficient (Wildman–Crippen LogP) is 2.48. The maximum Gasteiger partial charge on any atom is 0.311 e. The number of ether oxygens (including phenoxy) is 3. The van der Waals surface area contributed by atoms with Crippen molar-refractivity contribution in [1.29, 1.82) is 0 Å². The highest BCUT2D eigenvalue weighted by Crippen LogP contribution is 2.28. The van der Waals surface area contributed by atoms with Gasteiger partial charge in [-0.15, -0.1) is 0 Å². The summed E-state index contributed by atoms with van der Waals surface area (Å²) < 4.78 is 15.4. The molecule has 2 aromatic carbocycles. The minimum absolute atomic E-state index is 0.0484. The van der Waals surface area contributed by atoms with Crippen LogP contribution in [0.5, 0.6) is 11.5 Å². The van der Waals surface area contributed by atoms with E-state index in [-0.39, 0.29) is 31.3 Å². The first-order valence-electron chi connectivity index (χ1n) is 8.80. The molecule has 7 heteroatoms. The molecule has 0 aliphatic carbocycles. The van der Waals surface area contributed by atoms with Gasteiger partial charge in [-0.3, -0.25) is 14.4 Å². The molecule has 0 aromatic heterocycles. The van der Waals surface area contributed by atoms with E-state index in [0.29, 0.717) is 22.7 Å². The van der Waals surface area contributed by atoms with Crippen molar-refractivity contribution in [3.8, 4) is 11.5 Å². The SMILES string of the molecule is COc1ccc(C(=O)COC(=O)C2CC(=O)N(c3cccc(OC)c3)C2)cc1. The van der Waals surface area contributed by atoms with E-state index in [4.69, 9.17) is 14.2 Å². The minimum Gasteiger partial charge on any atom is -0.497 e. The molecule has 0 saturated carbocycles. The molecule has 3 rings (SSSR count). The molecule has 1 fully saturated rings. The third-order valence-corrected chi connectivity index (χ3v) is 4.58. The van der Waals surface area contributed by atoms with Crippen molar-refractivity contribution in [2.24, 2.45) is 5.92 Å². The number of hydrogen-bond donors (Lipinski definition) is 0. The number of carbonyl (C=O) groups is 3. The highest BCUT2D eigenvalue weighted by atomic mass is 16.5. The van der Waals surface area contributed by atoms with Crippen molar-refractivity contribution >= 4 is 23.3 Å². The first-order chi connectivity index (χ1) is 13.5. The molecule has 1 aliphatic rings. The lowest BCUT2D eigenvalue weighted by Crippen LogP contribution is -2.27. The van der Waals surface area contributed by atoms with E-state index in [0.717, 1.165) is 0 Å². The monoisotopic (exact) mass is 383 g/mol. The van der Waals surface area contributed by atoms with Crippen molar-refractivity contribution in [3.63, 3.8) is 0 Å². The topological polar surface area (TPSA) is 82.1 Å². The van der Waals surface area contributed by atoms with Crippen LogP contribution in [-0.2, 0) is 14.3 Å². The molecule has 0 radical (unpaired) electrons. The molecule has 0 bridgehead atoms. The van der Waals surface area contributed by atoms with E-state index in [9.17, 15) is 14.4 Å². The van der Waals surface area contributed by atoms with Crippen LogP contribution in [0.4, 0.5) is 5.69 Å². The van der Waals surface area contributed by atoms with Crippen LogP contribution >= 0.6 is 0 Å². The van der Waals surface area contributed by atoms with Crippen LogP contribution in [0.3, 0.4) is 0 Å². The third-order valence-electron chi connectivity index (χ3n) is 4.58. The fraction of sp³-hybridized carbons (Fsp3) is 0.286. The second kappa shape index (κ2) is 8.56. The highest BCUT2D eigenvalue weighted by molar-refractivity contribution is 6.01. The van der Waals surface area contributed by atoms with Crippen LogP contribution in [0.2, 0.25) is 0 Å². The summed E-state index contributed by atoms with van der Waals surface area (Å²) >= 11 is 0. The lowest BCUT2D eigenvalue weighted by Gasteiger charge is -2.17. The molecule has 1 atom stereocenters. The Bertz CT molecular complexity index is 877. The summed E-state index contributed by atoms with van der Waals surface area (Å²) in [4.78, 5) is 38.3. The number of esters is 1. The average molecular weight is 383 g/mol. The van der Waals surface area contributed by atoms with Gasteiger partial charge in [-0.25, -0.2) is 0 Å². The Kier molecular flexibility index (Phi) is 5.93. The van der Waals surface area contributed by atoms with Gasteiger partial charge in [0.2, 0.25) is 5.91 Å². The van der Waals surface area contributed by atoms with Gasteiger partial charge in [0.25, 0.3) is 0 Å². The van der Waals surface area contributed by atoms with E-state index in [2.05, 4.69) is 0 Å².